The lowest BCUT2D eigenvalue weighted by Crippen LogP contribution is -2.52. The van der Waals surface area contributed by atoms with Gasteiger partial charge in [0, 0.05) is 18.1 Å². The Hall–Kier alpha value is -2.78. The summed E-state index contributed by atoms with van der Waals surface area (Å²) in [4.78, 5) is 28.3. The van der Waals surface area contributed by atoms with Gasteiger partial charge in [0.1, 0.15) is 18.3 Å². The van der Waals surface area contributed by atoms with E-state index < -0.39 is 28.5 Å². The number of nitrogens with one attached hydrogen (secondary N) is 1. The molecular formula is C26H36ClN3O5S. The summed E-state index contributed by atoms with van der Waals surface area (Å²) in [6.45, 7) is 7.85. The number of carbonyl (C=O) groups excluding carboxylic acids is 2. The van der Waals surface area contributed by atoms with Gasteiger partial charge >= 0.3 is 0 Å². The average molecular weight is 538 g/mol. The number of halogens is 1. The minimum atomic E-state index is -3.90. The van der Waals surface area contributed by atoms with Crippen molar-refractivity contribution in [3.63, 3.8) is 0 Å². The predicted octanol–water partition coefficient (Wildman–Crippen LogP) is 4.00. The Morgan fingerprint density at radius 2 is 1.75 bits per heavy atom. The van der Waals surface area contributed by atoms with E-state index in [2.05, 4.69) is 5.32 Å². The van der Waals surface area contributed by atoms with Gasteiger partial charge in [-0.05, 0) is 43.0 Å². The monoisotopic (exact) mass is 537 g/mol. The van der Waals surface area contributed by atoms with Gasteiger partial charge in [0.15, 0.2) is 0 Å². The van der Waals surface area contributed by atoms with Gasteiger partial charge in [-0.15, -0.1) is 0 Å². The van der Waals surface area contributed by atoms with E-state index in [0.29, 0.717) is 18.0 Å². The van der Waals surface area contributed by atoms with Crippen molar-refractivity contribution in [3.8, 4) is 5.75 Å². The van der Waals surface area contributed by atoms with Crippen LogP contribution in [0.1, 0.15) is 38.3 Å². The number of hydrogen-bond donors (Lipinski definition) is 1. The third-order valence-corrected chi connectivity index (χ3v) is 6.99. The molecule has 2 amide bonds. The molecule has 0 saturated carbocycles. The summed E-state index contributed by atoms with van der Waals surface area (Å²) in [6, 6.07) is 11.4. The summed E-state index contributed by atoms with van der Waals surface area (Å²) < 4.78 is 31.9. The first kappa shape index (κ1) is 29.5. The number of methoxy groups -OCH3 is 1. The van der Waals surface area contributed by atoms with Crippen LogP contribution in [-0.2, 0) is 26.2 Å². The molecule has 0 aromatic heterocycles. The first-order chi connectivity index (χ1) is 16.9. The van der Waals surface area contributed by atoms with E-state index in [1.807, 2.05) is 52.0 Å². The second kappa shape index (κ2) is 13.0. The van der Waals surface area contributed by atoms with Crippen molar-refractivity contribution in [2.75, 3.05) is 30.8 Å². The van der Waals surface area contributed by atoms with Crippen LogP contribution in [0.3, 0.4) is 0 Å². The Morgan fingerprint density at radius 1 is 1.11 bits per heavy atom. The second-order valence-electron chi connectivity index (χ2n) is 9.16. The lowest BCUT2D eigenvalue weighted by Gasteiger charge is -2.33. The highest BCUT2D eigenvalue weighted by atomic mass is 35.5. The van der Waals surface area contributed by atoms with Gasteiger partial charge in [-0.25, -0.2) is 8.42 Å². The molecular weight excluding hydrogens is 502 g/mol. The molecule has 0 aliphatic carbocycles. The summed E-state index contributed by atoms with van der Waals surface area (Å²) in [5, 5.41) is 3.20. The zero-order valence-electron chi connectivity index (χ0n) is 21.7. The van der Waals surface area contributed by atoms with Gasteiger partial charge in [0.05, 0.1) is 19.1 Å². The molecule has 198 valence electrons. The Bertz CT molecular complexity index is 1150. The van der Waals surface area contributed by atoms with Gasteiger partial charge in [-0.1, -0.05) is 62.2 Å². The highest BCUT2D eigenvalue weighted by Crippen LogP contribution is 2.33. The van der Waals surface area contributed by atoms with Crippen LogP contribution in [-0.4, -0.2) is 57.6 Å². The number of hydrogen-bond acceptors (Lipinski definition) is 5. The molecule has 0 fully saturated rings. The first-order valence-electron chi connectivity index (χ1n) is 11.8. The Balaban J connectivity index is 2.48. The summed E-state index contributed by atoms with van der Waals surface area (Å²) in [6.07, 6.45) is 1.37. The molecule has 0 bridgehead atoms. The number of ether oxygens (including phenoxy) is 1. The van der Waals surface area contributed by atoms with Crippen molar-refractivity contribution < 1.29 is 22.7 Å². The van der Waals surface area contributed by atoms with Gasteiger partial charge < -0.3 is 15.0 Å². The zero-order chi connectivity index (χ0) is 27.0. The van der Waals surface area contributed by atoms with E-state index in [0.717, 1.165) is 21.7 Å². The molecule has 0 aliphatic heterocycles. The molecule has 0 unspecified atom stereocenters. The van der Waals surface area contributed by atoms with E-state index in [4.69, 9.17) is 16.3 Å². The highest BCUT2D eigenvalue weighted by molar-refractivity contribution is 7.92. The van der Waals surface area contributed by atoms with E-state index in [1.165, 1.54) is 18.1 Å². The molecule has 2 aromatic carbocycles. The molecule has 2 aromatic rings. The van der Waals surface area contributed by atoms with Crippen LogP contribution >= 0.6 is 11.6 Å². The normalized spacial score (nSPS) is 12.2. The Kier molecular flexibility index (Phi) is 10.6. The number of anilines is 1. The van der Waals surface area contributed by atoms with Crippen LogP contribution in [0.2, 0.25) is 5.02 Å². The number of aryl methyl sites for hydroxylation is 1. The first-order valence-corrected chi connectivity index (χ1v) is 14.0. The van der Waals surface area contributed by atoms with E-state index in [9.17, 15) is 18.0 Å². The number of carbonyl (C=O) groups is 2. The third-order valence-electron chi connectivity index (χ3n) is 5.63. The molecule has 0 radical (unpaired) electrons. The highest BCUT2D eigenvalue weighted by Gasteiger charge is 2.32. The van der Waals surface area contributed by atoms with Crippen molar-refractivity contribution in [1.29, 1.82) is 0 Å². The fraction of sp³-hybridized carbons (Fsp3) is 0.462. The Labute approximate surface area is 219 Å². The van der Waals surface area contributed by atoms with Crippen molar-refractivity contribution in [1.82, 2.24) is 10.2 Å². The summed E-state index contributed by atoms with van der Waals surface area (Å²) in [5.74, 6) is -0.305. The van der Waals surface area contributed by atoms with Crippen LogP contribution in [0.15, 0.2) is 42.5 Å². The second-order valence-corrected chi connectivity index (χ2v) is 11.5. The molecule has 0 spiro atoms. The minimum Gasteiger partial charge on any atom is -0.495 e. The summed E-state index contributed by atoms with van der Waals surface area (Å²) >= 11 is 6.14. The van der Waals surface area contributed by atoms with Crippen LogP contribution in [0, 0.1) is 12.8 Å². The van der Waals surface area contributed by atoms with Crippen molar-refractivity contribution in [3.05, 3.63) is 58.6 Å². The molecule has 8 nitrogen and oxygen atoms in total. The van der Waals surface area contributed by atoms with Crippen molar-refractivity contribution in [2.45, 2.75) is 46.7 Å². The lowest BCUT2D eigenvalue weighted by atomic mass is 10.1. The number of sulfonamides is 1. The van der Waals surface area contributed by atoms with Crippen LogP contribution in [0.4, 0.5) is 5.69 Å². The smallest absolute Gasteiger partial charge is 0.244 e. The van der Waals surface area contributed by atoms with Crippen LogP contribution in [0.25, 0.3) is 0 Å². The van der Waals surface area contributed by atoms with Crippen molar-refractivity contribution in [2.24, 2.45) is 5.92 Å². The van der Waals surface area contributed by atoms with Crippen LogP contribution < -0.4 is 14.4 Å². The van der Waals surface area contributed by atoms with E-state index >= 15 is 0 Å². The van der Waals surface area contributed by atoms with E-state index in [-0.39, 0.29) is 29.8 Å². The number of nitrogens with zero attached hydrogens (tertiary/aromatic N) is 2. The molecule has 1 atom stereocenters. The topological polar surface area (TPSA) is 96.0 Å². The number of benzene rings is 2. The SMILES string of the molecule is CC[C@@H](C(=O)NCC(C)C)N(Cc1ccc(C)cc1)C(=O)CN(c1cc(Cl)ccc1OC)S(C)(=O)=O. The third kappa shape index (κ3) is 8.13. The summed E-state index contributed by atoms with van der Waals surface area (Å²) in [5.41, 5.74) is 2.04. The fourth-order valence-corrected chi connectivity index (χ4v) is 4.70. The largest absolute Gasteiger partial charge is 0.495 e. The van der Waals surface area contributed by atoms with E-state index in [1.54, 1.807) is 12.1 Å². The molecule has 0 saturated heterocycles. The van der Waals surface area contributed by atoms with Gasteiger partial charge in [0.2, 0.25) is 21.8 Å². The maximum Gasteiger partial charge on any atom is 0.244 e. The fourth-order valence-electron chi connectivity index (χ4n) is 3.69. The van der Waals surface area contributed by atoms with Crippen molar-refractivity contribution >= 4 is 39.1 Å². The van der Waals surface area contributed by atoms with Gasteiger partial charge in [0.25, 0.3) is 0 Å². The predicted molar refractivity (Wildman–Crippen MR) is 144 cm³/mol. The molecule has 1 N–H and O–H groups in total. The average Bonchev–Trinajstić information content (AvgIpc) is 2.81. The molecule has 0 aliphatic rings. The lowest BCUT2D eigenvalue weighted by molar-refractivity contribution is -0.140. The maximum atomic E-state index is 13.7. The number of amides is 2. The molecule has 36 heavy (non-hydrogen) atoms. The quantitative estimate of drug-likeness (QED) is 0.441. The standard InChI is InChI=1S/C26H36ClN3O5S/c1-7-22(26(32)28-15-18(2)3)29(16-20-10-8-19(4)9-11-20)25(31)17-30(36(6,33)34)23-14-21(27)12-13-24(23)35-5/h8-14,18,22H,7,15-17H2,1-6H3,(H,28,32)/t22-/m0/s1. The van der Waals surface area contributed by atoms with Gasteiger partial charge in [-0.3, -0.25) is 13.9 Å². The molecule has 10 heteroatoms. The Morgan fingerprint density at radius 3 is 2.28 bits per heavy atom. The maximum absolute atomic E-state index is 13.7. The molecule has 2 rings (SSSR count). The summed E-state index contributed by atoms with van der Waals surface area (Å²) in [7, 11) is -2.49. The van der Waals surface area contributed by atoms with Gasteiger partial charge in [-0.2, -0.15) is 0 Å². The zero-order valence-corrected chi connectivity index (χ0v) is 23.3. The van der Waals surface area contributed by atoms with Crippen LogP contribution in [0.5, 0.6) is 5.75 Å². The number of rotatable bonds is 12. The minimum absolute atomic E-state index is 0.147. The molecule has 0 heterocycles.